The van der Waals surface area contributed by atoms with Crippen LogP contribution in [0.5, 0.6) is 11.5 Å². The molecule has 3 aliphatic rings. The molecule has 2 aliphatic carbocycles. The highest BCUT2D eigenvalue weighted by Gasteiger charge is 2.65. The first kappa shape index (κ1) is 54.1. The summed E-state index contributed by atoms with van der Waals surface area (Å²) in [6.07, 6.45) is 18.6. The molecular weight excluding hydrogens is 890 g/mol. The number of amides is 2. The third-order valence-corrected chi connectivity index (χ3v) is 14.0. The number of aliphatic hydroxyl groups excluding tert-OH is 2. The summed E-state index contributed by atoms with van der Waals surface area (Å²) in [6, 6.07) is 20.4. The Hall–Kier alpha value is -5.24. The number of nitrogens with one attached hydrogen (secondary N) is 1. The van der Waals surface area contributed by atoms with E-state index in [1.54, 1.807) is 35.2 Å². The summed E-state index contributed by atoms with van der Waals surface area (Å²) in [5.41, 5.74) is 3.93. The molecule has 0 aromatic heterocycles. The van der Waals surface area contributed by atoms with E-state index in [0.717, 1.165) is 61.6 Å². The molecule has 1 saturated carbocycles. The maximum absolute atomic E-state index is 15.0. The number of fused-ring (bicyclic) bond motifs is 2. The quantitative estimate of drug-likeness (QED) is 0.0337. The van der Waals surface area contributed by atoms with E-state index in [9.17, 15) is 19.4 Å². The van der Waals surface area contributed by atoms with E-state index in [-0.39, 0.29) is 63.8 Å². The third-order valence-electron chi connectivity index (χ3n) is 14.0. The summed E-state index contributed by atoms with van der Waals surface area (Å²) in [5, 5.41) is 27.7. The minimum absolute atomic E-state index is 0.00488. The predicted molar refractivity (Wildman–Crippen MR) is 271 cm³/mol. The van der Waals surface area contributed by atoms with Crippen LogP contribution in [0.4, 0.5) is 14.0 Å². The molecule has 1 aliphatic heterocycles. The topological polar surface area (TPSA) is 148 Å². The molecule has 1 fully saturated rings. The van der Waals surface area contributed by atoms with Gasteiger partial charge in [0.05, 0.1) is 24.8 Å². The monoisotopic (exact) mass is 968 g/mol. The van der Waals surface area contributed by atoms with Crippen molar-refractivity contribution in [2.75, 3.05) is 33.0 Å². The van der Waals surface area contributed by atoms with Crippen molar-refractivity contribution >= 4 is 17.9 Å². The van der Waals surface area contributed by atoms with E-state index >= 15 is 4.79 Å². The van der Waals surface area contributed by atoms with Gasteiger partial charge in [0.15, 0.2) is 0 Å². The molecule has 0 unspecified atom stereocenters. The maximum atomic E-state index is 15.0. The molecule has 13 heteroatoms. The number of carbonyl (C=O) groups is 2. The van der Waals surface area contributed by atoms with Crippen LogP contribution < -0.4 is 14.8 Å². The molecule has 6 rings (SSSR count). The smallest absolute Gasteiger partial charge is 0.412 e. The van der Waals surface area contributed by atoms with Crippen molar-refractivity contribution in [3.05, 3.63) is 120 Å². The Bertz CT molecular complexity index is 2130. The van der Waals surface area contributed by atoms with Gasteiger partial charge in [-0.3, -0.25) is 4.90 Å². The summed E-state index contributed by atoms with van der Waals surface area (Å²) in [6.45, 7) is 9.17. The summed E-state index contributed by atoms with van der Waals surface area (Å²) in [5.74, 6) is -2.09. The normalized spacial score (nSPS) is 21.7. The fraction of sp³-hybridized carbons (Fsp3) is 0.561. The van der Waals surface area contributed by atoms with Crippen molar-refractivity contribution in [3.63, 3.8) is 0 Å². The van der Waals surface area contributed by atoms with Crippen LogP contribution in [0.25, 0.3) is 0 Å². The largest absolute Gasteiger partial charge is 0.459 e. The first-order valence-electron chi connectivity index (χ1n) is 26.1. The van der Waals surface area contributed by atoms with Crippen LogP contribution in [0.2, 0.25) is 0 Å². The Kier molecular flexibility index (Phi) is 22.1. The number of halogens is 1. The minimum atomic E-state index is -1.56. The number of hydrogen-bond acceptors (Lipinski definition) is 10. The lowest BCUT2D eigenvalue weighted by molar-refractivity contribution is -0.256. The molecule has 3 N–H and O–H groups in total. The fourth-order valence-electron chi connectivity index (χ4n) is 10.7. The Morgan fingerprint density at radius 3 is 2.26 bits per heavy atom. The van der Waals surface area contributed by atoms with Crippen molar-refractivity contribution in [2.45, 2.75) is 154 Å². The van der Waals surface area contributed by atoms with Crippen molar-refractivity contribution in [1.82, 2.24) is 10.2 Å². The molecule has 0 spiro atoms. The van der Waals surface area contributed by atoms with E-state index in [2.05, 4.69) is 24.9 Å². The lowest BCUT2D eigenvalue weighted by Crippen LogP contribution is -2.70. The van der Waals surface area contributed by atoms with Crippen molar-refractivity contribution in [3.8, 4) is 11.5 Å². The van der Waals surface area contributed by atoms with Gasteiger partial charge in [0.1, 0.15) is 30.0 Å². The number of benzene rings is 3. The lowest BCUT2D eigenvalue weighted by Gasteiger charge is -2.59. The van der Waals surface area contributed by atoms with Crippen LogP contribution in [-0.4, -0.2) is 77.8 Å². The van der Waals surface area contributed by atoms with Gasteiger partial charge in [0.25, 0.3) is 0 Å². The highest BCUT2D eigenvalue weighted by molar-refractivity contribution is 6.03. The number of allylic oxidation sites excluding steroid dienone is 1. The van der Waals surface area contributed by atoms with Crippen LogP contribution in [0.15, 0.2) is 102 Å². The van der Waals surface area contributed by atoms with E-state index in [1.165, 1.54) is 50.7 Å². The number of carbonyl (C=O) groups excluding carboxylic acids is 2. The second-order valence-corrected chi connectivity index (χ2v) is 19.0. The maximum Gasteiger partial charge on any atom is 0.412 e. The first-order chi connectivity index (χ1) is 34.3. The summed E-state index contributed by atoms with van der Waals surface area (Å²) < 4.78 is 41.0. The zero-order valence-corrected chi connectivity index (χ0v) is 41.7. The van der Waals surface area contributed by atoms with Gasteiger partial charge in [-0.15, -0.1) is 6.58 Å². The van der Waals surface area contributed by atoms with E-state index in [0.29, 0.717) is 48.6 Å². The van der Waals surface area contributed by atoms with Gasteiger partial charge in [-0.1, -0.05) is 137 Å². The molecule has 3 aromatic carbocycles. The van der Waals surface area contributed by atoms with Crippen LogP contribution in [0, 0.1) is 23.6 Å². The lowest BCUT2D eigenvalue weighted by atomic mass is 9.55. The Morgan fingerprint density at radius 2 is 1.57 bits per heavy atom. The van der Waals surface area contributed by atoms with Gasteiger partial charge in [-0.25, -0.2) is 14.0 Å². The minimum Gasteiger partial charge on any atom is -0.459 e. The van der Waals surface area contributed by atoms with Gasteiger partial charge >= 0.3 is 12.2 Å². The Balaban J connectivity index is 1.47. The second kappa shape index (κ2) is 28.6. The van der Waals surface area contributed by atoms with E-state index in [4.69, 9.17) is 28.9 Å². The summed E-state index contributed by atoms with van der Waals surface area (Å²) in [4.78, 5) is 35.8. The Labute approximate surface area is 415 Å². The highest BCUT2D eigenvalue weighted by atomic mass is 19.1. The van der Waals surface area contributed by atoms with E-state index in [1.807, 2.05) is 43.3 Å². The summed E-state index contributed by atoms with van der Waals surface area (Å²) in [7, 11) is 0. The van der Waals surface area contributed by atoms with Gasteiger partial charge in [-0.05, 0) is 97.9 Å². The number of unbranched alkanes of at least 4 members (excludes halogenated alkanes) is 11. The van der Waals surface area contributed by atoms with Crippen molar-refractivity contribution in [1.29, 1.82) is 0 Å². The predicted octanol–water partition coefficient (Wildman–Crippen LogP) is 12.3. The molecule has 382 valence electrons. The number of hydrogen-bond donors (Lipinski definition) is 3. The standard InChI is InChI=1S/C57H78FN3O9/c1-4-7-8-9-10-11-12-13-14-22-36-66-56(65)61(40-42-27-29-45(58)30-28-42)52-39-50(60-68-41-43-23-16-15-17-24-43)48-37-44(25-18-20-33-62)47(26-19-21-34-63)53-49-38-46(69-55(64)59-6-3)31-32-51(49)70-57(52,54(48)53)67-35-5-2/h5,15-17,23-24,27-32,37-38,44,47,52-54,62-63H,2,4,6-14,18-22,25-26,33-36,39-41H2,1,3H3,(H,59,64)/t44-,47+,52-,53+,54+,57+/m0/s1. The van der Waals surface area contributed by atoms with Crippen molar-refractivity contribution in [2.24, 2.45) is 22.9 Å². The van der Waals surface area contributed by atoms with Gasteiger partial charge in [0.2, 0.25) is 5.79 Å². The number of nitrogens with zero attached hydrogens (tertiary/aromatic N) is 2. The summed E-state index contributed by atoms with van der Waals surface area (Å²) >= 11 is 0. The van der Waals surface area contributed by atoms with Gasteiger partial charge in [0, 0.05) is 44.2 Å². The van der Waals surface area contributed by atoms with Gasteiger partial charge in [-0.2, -0.15) is 0 Å². The molecule has 0 radical (unpaired) electrons. The average Bonchev–Trinajstić information content (AvgIpc) is 3.36. The average molecular weight is 968 g/mol. The zero-order valence-electron chi connectivity index (χ0n) is 41.7. The van der Waals surface area contributed by atoms with Crippen LogP contribution in [-0.2, 0) is 27.5 Å². The number of aliphatic hydroxyl groups is 2. The van der Waals surface area contributed by atoms with Crippen LogP contribution in [0.3, 0.4) is 0 Å². The van der Waals surface area contributed by atoms with Crippen LogP contribution >= 0.6 is 0 Å². The number of rotatable bonds is 30. The molecule has 0 bridgehead atoms. The second-order valence-electron chi connectivity index (χ2n) is 19.0. The van der Waals surface area contributed by atoms with Gasteiger partial charge < -0.3 is 39.3 Å². The molecule has 0 saturated heterocycles. The molecule has 2 amide bonds. The molecular formula is C57H78FN3O9. The van der Waals surface area contributed by atoms with Crippen molar-refractivity contribution < 1.29 is 48.0 Å². The molecule has 6 atom stereocenters. The number of oxime groups is 1. The Morgan fingerprint density at radius 1 is 0.871 bits per heavy atom. The number of ether oxygens (including phenoxy) is 4. The third kappa shape index (κ3) is 14.7. The molecule has 1 heterocycles. The zero-order chi connectivity index (χ0) is 49.6. The first-order valence-corrected chi connectivity index (χ1v) is 26.1. The highest BCUT2D eigenvalue weighted by Crippen LogP contribution is 2.62. The SMILES string of the molecule is C=CCO[C@@]12Oc3ccc(OC(=O)NCC)cc3[C@H]3[C@H](CCCCO)[C@@H](CCCCO)C=C(C(=NOCc4ccccc4)C[C@@H]1N(Cc1ccc(F)cc1)C(=O)OCCCCCCCCCCCC)[C@H]32. The van der Waals surface area contributed by atoms with E-state index < -0.39 is 35.8 Å². The molecule has 3 aromatic rings. The molecule has 70 heavy (non-hydrogen) atoms. The fourth-order valence-corrected chi connectivity index (χ4v) is 10.7. The molecule has 12 nitrogen and oxygen atoms in total. The van der Waals surface area contributed by atoms with Crippen LogP contribution in [0.1, 0.15) is 146 Å².